The maximum Gasteiger partial charge on any atom is 0.300 e. The molecule has 0 saturated carbocycles. The monoisotopic (exact) mass is 170 g/mol. The lowest BCUT2D eigenvalue weighted by molar-refractivity contribution is -0.134. The molecule has 0 heterocycles. The normalized spacial score (nSPS) is 9.50. The third-order valence-electron chi connectivity index (χ3n) is 0.365. The van der Waals surface area contributed by atoms with Gasteiger partial charge >= 0.3 is 0 Å². The van der Waals surface area contributed by atoms with Gasteiger partial charge in [0, 0.05) is 6.92 Å². The van der Waals surface area contributed by atoms with Crippen molar-refractivity contribution in [2.45, 2.75) is 13.8 Å². The van der Waals surface area contributed by atoms with Gasteiger partial charge in [-0.05, 0) is 6.92 Å². The number of carbonyl (C=O) groups is 1. The van der Waals surface area contributed by atoms with Gasteiger partial charge in [0.05, 0.1) is 5.75 Å². The van der Waals surface area contributed by atoms with Crippen LogP contribution < -0.4 is 0 Å². The summed E-state index contributed by atoms with van der Waals surface area (Å²) >= 11 is 0. The van der Waals surface area contributed by atoms with Crippen molar-refractivity contribution in [2.24, 2.45) is 0 Å². The van der Waals surface area contributed by atoms with Crippen molar-refractivity contribution in [2.75, 3.05) is 5.75 Å². The first kappa shape index (κ1) is 12.1. The van der Waals surface area contributed by atoms with Crippen LogP contribution >= 0.6 is 0 Å². The van der Waals surface area contributed by atoms with Crippen LogP contribution in [-0.2, 0) is 14.9 Å². The fourth-order valence-corrected chi connectivity index (χ4v) is 0. The predicted octanol–water partition coefficient (Wildman–Crippen LogP) is -0.0150. The van der Waals surface area contributed by atoms with E-state index in [2.05, 4.69) is 0 Å². The summed E-state index contributed by atoms with van der Waals surface area (Å²) in [5, 5.41) is 7.42. The molecule has 62 valence electrons. The van der Waals surface area contributed by atoms with Gasteiger partial charge in [0.2, 0.25) is 0 Å². The number of rotatable bonds is 1. The summed E-state index contributed by atoms with van der Waals surface area (Å²) in [5.41, 5.74) is 0. The number of carboxylic acid groups (broad SMARTS) is 1. The van der Waals surface area contributed by atoms with Crippen LogP contribution in [-0.4, -0.2) is 29.8 Å². The highest BCUT2D eigenvalue weighted by Crippen LogP contribution is 1.74. The van der Waals surface area contributed by atoms with Gasteiger partial charge in [-0.2, -0.15) is 8.42 Å². The zero-order valence-corrected chi connectivity index (χ0v) is 6.55. The summed E-state index contributed by atoms with van der Waals surface area (Å²) in [6.07, 6.45) is 0. The molecule has 0 amide bonds. The molecule has 0 aliphatic rings. The second-order valence-corrected chi connectivity index (χ2v) is 3.13. The molecule has 0 aliphatic carbocycles. The lowest BCUT2D eigenvalue weighted by atomic mass is 10.9. The summed E-state index contributed by atoms with van der Waals surface area (Å²) in [6.45, 7) is 2.45. The number of carboxylic acids is 1. The number of hydrogen-bond acceptors (Lipinski definition) is 3. The first-order chi connectivity index (χ1) is 4.29. The van der Waals surface area contributed by atoms with Crippen molar-refractivity contribution in [3.05, 3.63) is 0 Å². The molecular weight excluding hydrogens is 160 g/mol. The van der Waals surface area contributed by atoms with Crippen molar-refractivity contribution in [1.29, 1.82) is 0 Å². The zero-order valence-electron chi connectivity index (χ0n) is 5.73. The standard InChI is InChI=1S/C2H6O3S.C2H4O2/c1-2-6(3,4)5;1-2(3)4/h2H2,1H3,(H,3,4,5);1H3,(H,3,4). The van der Waals surface area contributed by atoms with Gasteiger partial charge in [0.25, 0.3) is 16.1 Å². The molecular formula is C4H10O5S. The topological polar surface area (TPSA) is 91.7 Å². The molecule has 6 heteroatoms. The van der Waals surface area contributed by atoms with Gasteiger partial charge in [-0.1, -0.05) is 0 Å². The summed E-state index contributed by atoms with van der Waals surface area (Å²) < 4.78 is 26.9. The van der Waals surface area contributed by atoms with Crippen molar-refractivity contribution in [1.82, 2.24) is 0 Å². The van der Waals surface area contributed by atoms with Crippen molar-refractivity contribution >= 4 is 16.1 Å². The fraction of sp³-hybridized carbons (Fsp3) is 0.750. The number of hydrogen-bond donors (Lipinski definition) is 2. The summed E-state index contributed by atoms with van der Waals surface area (Å²) in [6, 6.07) is 0. The Balaban J connectivity index is 0. The molecule has 0 saturated heterocycles. The van der Waals surface area contributed by atoms with Crippen molar-refractivity contribution in [3.63, 3.8) is 0 Å². The highest BCUT2D eigenvalue weighted by atomic mass is 32.2. The molecule has 0 fully saturated rings. The molecule has 0 radical (unpaired) electrons. The lowest BCUT2D eigenvalue weighted by Gasteiger charge is -1.79. The van der Waals surface area contributed by atoms with Crippen LogP contribution in [0.5, 0.6) is 0 Å². The number of aliphatic carboxylic acids is 1. The van der Waals surface area contributed by atoms with E-state index in [4.69, 9.17) is 14.5 Å². The van der Waals surface area contributed by atoms with E-state index in [1.54, 1.807) is 0 Å². The Labute approximate surface area is 59.4 Å². The van der Waals surface area contributed by atoms with E-state index < -0.39 is 16.1 Å². The van der Waals surface area contributed by atoms with Crippen LogP contribution in [0.15, 0.2) is 0 Å². The van der Waals surface area contributed by atoms with Crippen LogP contribution in [0.1, 0.15) is 13.8 Å². The first-order valence-electron chi connectivity index (χ1n) is 2.44. The average Bonchev–Trinajstić information content (AvgIpc) is 1.63. The van der Waals surface area contributed by atoms with E-state index in [-0.39, 0.29) is 5.75 Å². The highest BCUT2D eigenvalue weighted by Gasteiger charge is 1.93. The molecule has 0 unspecified atom stereocenters. The molecule has 0 spiro atoms. The third kappa shape index (κ3) is 53.0. The lowest BCUT2D eigenvalue weighted by Crippen LogP contribution is -1.97. The highest BCUT2D eigenvalue weighted by molar-refractivity contribution is 7.85. The van der Waals surface area contributed by atoms with E-state index in [1.807, 2.05) is 0 Å². The van der Waals surface area contributed by atoms with Crippen LogP contribution in [0.3, 0.4) is 0 Å². The van der Waals surface area contributed by atoms with Crippen molar-refractivity contribution < 1.29 is 22.9 Å². The van der Waals surface area contributed by atoms with Gasteiger partial charge < -0.3 is 5.11 Å². The minimum atomic E-state index is -3.66. The van der Waals surface area contributed by atoms with Crippen LogP contribution in [0, 0.1) is 0 Å². The molecule has 0 bridgehead atoms. The second-order valence-electron chi connectivity index (χ2n) is 1.39. The van der Waals surface area contributed by atoms with E-state index in [1.165, 1.54) is 6.92 Å². The SMILES string of the molecule is CC(=O)O.CCS(=O)(=O)O. The molecule has 0 aromatic carbocycles. The van der Waals surface area contributed by atoms with Gasteiger partial charge in [-0.25, -0.2) is 0 Å². The third-order valence-corrected chi connectivity index (χ3v) is 1.09. The fourth-order valence-electron chi connectivity index (χ4n) is 0. The van der Waals surface area contributed by atoms with E-state index >= 15 is 0 Å². The maximum absolute atomic E-state index is 9.56. The molecule has 0 aliphatic heterocycles. The Kier molecular flexibility index (Phi) is 6.27. The van der Waals surface area contributed by atoms with Gasteiger partial charge in [0.15, 0.2) is 0 Å². The van der Waals surface area contributed by atoms with Crippen LogP contribution in [0.25, 0.3) is 0 Å². The van der Waals surface area contributed by atoms with Crippen molar-refractivity contribution in [3.8, 4) is 0 Å². The molecule has 5 nitrogen and oxygen atoms in total. The minimum Gasteiger partial charge on any atom is -0.481 e. The van der Waals surface area contributed by atoms with E-state index in [9.17, 15) is 8.42 Å². The zero-order chi connectivity index (χ0) is 8.78. The second kappa shape index (κ2) is 5.19. The molecule has 0 rings (SSSR count). The van der Waals surface area contributed by atoms with Crippen LogP contribution in [0.2, 0.25) is 0 Å². The van der Waals surface area contributed by atoms with E-state index in [0.29, 0.717) is 0 Å². The predicted molar refractivity (Wildman–Crippen MR) is 35.4 cm³/mol. The van der Waals surface area contributed by atoms with Gasteiger partial charge in [-0.15, -0.1) is 0 Å². The molecule has 10 heavy (non-hydrogen) atoms. The quantitative estimate of drug-likeness (QED) is 0.540. The molecule has 0 aromatic rings. The minimum absolute atomic E-state index is 0.201. The summed E-state index contributed by atoms with van der Waals surface area (Å²) in [7, 11) is -3.66. The van der Waals surface area contributed by atoms with E-state index in [0.717, 1.165) is 6.92 Å². The maximum atomic E-state index is 9.56. The molecule has 2 N–H and O–H groups in total. The van der Waals surface area contributed by atoms with Crippen LogP contribution in [0.4, 0.5) is 0 Å². The summed E-state index contributed by atoms with van der Waals surface area (Å²) in [5.74, 6) is -1.03. The average molecular weight is 170 g/mol. The Morgan fingerprint density at radius 3 is 1.60 bits per heavy atom. The Hall–Kier alpha value is -0.620. The summed E-state index contributed by atoms with van der Waals surface area (Å²) in [4.78, 5) is 9.00. The Bertz CT molecular complexity index is 176. The first-order valence-corrected chi connectivity index (χ1v) is 4.05. The van der Waals surface area contributed by atoms with Gasteiger partial charge in [0.1, 0.15) is 0 Å². The smallest absolute Gasteiger partial charge is 0.300 e. The largest absolute Gasteiger partial charge is 0.481 e. The molecule has 0 atom stereocenters. The Morgan fingerprint density at radius 2 is 1.60 bits per heavy atom. The molecule has 0 aromatic heterocycles. The van der Waals surface area contributed by atoms with Gasteiger partial charge in [-0.3, -0.25) is 9.35 Å². The Morgan fingerprint density at radius 1 is 1.50 bits per heavy atom.